The molecule has 1 N–H and O–H groups in total. The molecule has 0 fully saturated rings. The van der Waals surface area contributed by atoms with E-state index in [2.05, 4.69) is 31.2 Å². The highest BCUT2D eigenvalue weighted by Crippen LogP contribution is 2.19. The zero-order chi connectivity index (χ0) is 13.0. The first kappa shape index (κ1) is 13.2. The van der Waals surface area contributed by atoms with Crippen LogP contribution in [0, 0.1) is 0 Å². The van der Waals surface area contributed by atoms with E-state index in [0.29, 0.717) is 10.2 Å². The van der Waals surface area contributed by atoms with Crippen LogP contribution in [0.25, 0.3) is 0 Å². The van der Waals surface area contributed by atoms with E-state index >= 15 is 0 Å². The first-order valence-electron chi connectivity index (χ1n) is 5.52. The third-order valence-corrected chi connectivity index (χ3v) is 3.81. The van der Waals surface area contributed by atoms with E-state index < -0.39 is 0 Å². The van der Waals surface area contributed by atoms with Crippen molar-refractivity contribution in [3.05, 3.63) is 45.1 Å². The Morgan fingerprint density at radius 1 is 1.50 bits per heavy atom. The molecule has 2 rings (SSSR count). The molecule has 18 heavy (non-hydrogen) atoms. The molecule has 1 amide bonds. The Morgan fingerprint density at radius 3 is 2.89 bits per heavy atom. The van der Waals surface area contributed by atoms with Gasteiger partial charge in [-0.05, 0) is 34.5 Å². The zero-order valence-electron chi connectivity index (χ0n) is 9.76. The monoisotopic (exact) mass is 325 g/mol. The van der Waals surface area contributed by atoms with Gasteiger partial charge in [0.1, 0.15) is 9.61 Å². The van der Waals surface area contributed by atoms with E-state index in [0.717, 1.165) is 11.4 Å². The van der Waals surface area contributed by atoms with Crippen LogP contribution >= 0.6 is 27.3 Å². The van der Waals surface area contributed by atoms with E-state index in [9.17, 15) is 4.79 Å². The molecule has 2 aromatic rings. The van der Waals surface area contributed by atoms with Gasteiger partial charge in [-0.3, -0.25) is 4.79 Å². The summed E-state index contributed by atoms with van der Waals surface area (Å²) < 4.78 is 0.714. The highest BCUT2D eigenvalue weighted by atomic mass is 79.9. The number of nitrogens with one attached hydrogen (secondary N) is 1. The lowest BCUT2D eigenvalue weighted by molar-refractivity contribution is 0.0935. The van der Waals surface area contributed by atoms with E-state index in [-0.39, 0.29) is 11.9 Å². The van der Waals surface area contributed by atoms with Crippen molar-refractivity contribution < 1.29 is 4.79 Å². The maximum Gasteiger partial charge on any atom is 0.253 e. The number of carbonyl (C=O) groups is 1. The average Bonchev–Trinajstić information content (AvgIpc) is 2.90. The van der Waals surface area contributed by atoms with Crippen LogP contribution in [0.1, 0.15) is 34.8 Å². The van der Waals surface area contributed by atoms with Crippen LogP contribution in [0.15, 0.2) is 34.5 Å². The van der Waals surface area contributed by atoms with Gasteiger partial charge in [0, 0.05) is 17.8 Å². The summed E-state index contributed by atoms with van der Waals surface area (Å²) in [5.41, 5.74) is 0.549. The summed E-state index contributed by atoms with van der Waals surface area (Å²) >= 11 is 4.79. The lowest BCUT2D eigenvalue weighted by Crippen LogP contribution is -2.28. The van der Waals surface area contributed by atoms with Crippen molar-refractivity contribution in [3.8, 4) is 0 Å². The van der Waals surface area contributed by atoms with Crippen LogP contribution in [0.4, 0.5) is 0 Å². The second-order valence-electron chi connectivity index (χ2n) is 3.67. The van der Waals surface area contributed by atoms with Crippen LogP contribution < -0.4 is 5.32 Å². The number of halogens is 1. The minimum atomic E-state index is -0.128. The highest BCUT2D eigenvalue weighted by Gasteiger charge is 2.16. The maximum atomic E-state index is 12.0. The number of pyridine rings is 1. The minimum Gasteiger partial charge on any atom is -0.343 e. The molecule has 2 aromatic heterocycles. The standard InChI is InChI=1S/C12H12BrN3OS/c1-2-9(12-14-5-6-18-12)16-11(17)8-3-4-10(13)15-7-8/h3-7,9H,2H2,1H3,(H,16,17). The Balaban J connectivity index is 2.08. The third kappa shape index (κ3) is 3.14. The van der Waals surface area contributed by atoms with Gasteiger partial charge in [-0.2, -0.15) is 0 Å². The molecular weight excluding hydrogens is 314 g/mol. The summed E-state index contributed by atoms with van der Waals surface area (Å²) in [5.74, 6) is -0.128. The van der Waals surface area contributed by atoms with E-state index in [1.165, 1.54) is 0 Å². The zero-order valence-corrected chi connectivity index (χ0v) is 12.2. The van der Waals surface area contributed by atoms with Gasteiger partial charge in [0.2, 0.25) is 0 Å². The molecule has 6 heteroatoms. The fourth-order valence-electron chi connectivity index (χ4n) is 1.50. The molecule has 94 valence electrons. The molecule has 0 spiro atoms. The minimum absolute atomic E-state index is 0.0406. The Labute approximate surface area is 118 Å². The predicted molar refractivity (Wildman–Crippen MR) is 74.5 cm³/mol. The van der Waals surface area contributed by atoms with Gasteiger partial charge in [0.25, 0.3) is 5.91 Å². The van der Waals surface area contributed by atoms with Crippen molar-refractivity contribution in [1.82, 2.24) is 15.3 Å². The molecular formula is C12H12BrN3OS. The van der Waals surface area contributed by atoms with E-state index in [4.69, 9.17) is 0 Å². The lowest BCUT2D eigenvalue weighted by Gasteiger charge is -2.14. The van der Waals surface area contributed by atoms with E-state index in [1.54, 1.807) is 35.9 Å². The molecule has 0 saturated heterocycles. The van der Waals surface area contributed by atoms with Crippen LogP contribution in [-0.2, 0) is 0 Å². The average molecular weight is 326 g/mol. The van der Waals surface area contributed by atoms with Gasteiger partial charge in [-0.15, -0.1) is 11.3 Å². The van der Waals surface area contributed by atoms with Crippen LogP contribution in [0.3, 0.4) is 0 Å². The molecule has 0 aliphatic rings. The lowest BCUT2D eigenvalue weighted by atomic mass is 10.2. The number of rotatable bonds is 4. The largest absolute Gasteiger partial charge is 0.343 e. The Bertz CT molecular complexity index is 513. The molecule has 0 aliphatic carbocycles. The molecule has 2 heterocycles. The Hall–Kier alpha value is -1.27. The van der Waals surface area contributed by atoms with Crippen molar-refractivity contribution in [1.29, 1.82) is 0 Å². The highest BCUT2D eigenvalue weighted by molar-refractivity contribution is 9.10. The second-order valence-corrected chi connectivity index (χ2v) is 5.41. The maximum absolute atomic E-state index is 12.0. The summed E-state index contributed by atoms with van der Waals surface area (Å²) in [5, 5.41) is 5.79. The molecule has 1 unspecified atom stereocenters. The Kier molecular flexibility index (Phi) is 4.43. The molecule has 0 bridgehead atoms. The molecule has 1 atom stereocenters. The summed E-state index contributed by atoms with van der Waals surface area (Å²) in [7, 11) is 0. The Morgan fingerprint density at radius 2 is 2.33 bits per heavy atom. The van der Waals surface area contributed by atoms with Crippen molar-refractivity contribution in [3.63, 3.8) is 0 Å². The predicted octanol–water partition coefficient (Wildman–Crippen LogP) is 3.18. The van der Waals surface area contributed by atoms with Crippen molar-refractivity contribution in [2.24, 2.45) is 0 Å². The molecule has 4 nitrogen and oxygen atoms in total. The van der Waals surface area contributed by atoms with Crippen LogP contribution in [0.2, 0.25) is 0 Å². The topological polar surface area (TPSA) is 54.9 Å². The van der Waals surface area contributed by atoms with Crippen LogP contribution in [0.5, 0.6) is 0 Å². The fourth-order valence-corrected chi connectivity index (χ4v) is 2.50. The van der Waals surface area contributed by atoms with Crippen molar-refractivity contribution >= 4 is 33.2 Å². The number of thiazole rings is 1. The van der Waals surface area contributed by atoms with Crippen LogP contribution in [-0.4, -0.2) is 15.9 Å². The van der Waals surface area contributed by atoms with Crippen molar-refractivity contribution in [2.75, 3.05) is 0 Å². The number of hydrogen-bond donors (Lipinski definition) is 1. The third-order valence-electron chi connectivity index (χ3n) is 2.45. The number of nitrogens with zero attached hydrogens (tertiary/aromatic N) is 2. The molecule has 0 aromatic carbocycles. The number of carbonyl (C=O) groups excluding carboxylic acids is 1. The van der Waals surface area contributed by atoms with E-state index in [1.807, 2.05) is 12.3 Å². The number of hydrogen-bond acceptors (Lipinski definition) is 4. The fraction of sp³-hybridized carbons (Fsp3) is 0.250. The first-order valence-corrected chi connectivity index (χ1v) is 7.19. The smallest absolute Gasteiger partial charge is 0.253 e. The second kappa shape index (κ2) is 6.06. The molecule has 0 aliphatic heterocycles. The van der Waals surface area contributed by atoms with Gasteiger partial charge in [0.05, 0.1) is 11.6 Å². The number of aromatic nitrogens is 2. The van der Waals surface area contributed by atoms with Gasteiger partial charge < -0.3 is 5.32 Å². The van der Waals surface area contributed by atoms with Gasteiger partial charge >= 0.3 is 0 Å². The summed E-state index contributed by atoms with van der Waals surface area (Å²) in [6.45, 7) is 2.02. The SMILES string of the molecule is CCC(NC(=O)c1ccc(Br)nc1)c1nccs1. The van der Waals surface area contributed by atoms with Gasteiger partial charge in [-0.1, -0.05) is 6.92 Å². The number of amides is 1. The summed E-state index contributed by atoms with van der Waals surface area (Å²) in [4.78, 5) is 20.3. The molecule has 0 saturated carbocycles. The summed E-state index contributed by atoms with van der Waals surface area (Å²) in [6, 6.07) is 3.45. The quantitative estimate of drug-likeness (QED) is 0.878. The van der Waals surface area contributed by atoms with Gasteiger partial charge in [-0.25, -0.2) is 9.97 Å². The molecule has 0 radical (unpaired) electrons. The van der Waals surface area contributed by atoms with Gasteiger partial charge in [0.15, 0.2) is 0 Å². The normalized spacial score (nSPS) is 12.1. The first-order chi connectivity index (χ1) is 8.70. The van der Waals surface area contributed by atoms with Crippen molar-refractivity contribution in [2.45, 2.75) is 19.4 Å². The summed E-state index contributed by atoms with van der Waals surface area (Å²) in [6.07, 6.45) is 4.10.